The monoisotopic (exact) mass is 269 g/mol. The third-order valence-electron chi connectivity index (χ3n) is 3.14. The minimum absolute atomic E-state index is 0.0547. The van der Waals surface area contributed by atoms with Crippen molar-refractivity contribution in [1.82, 2.24) is 5.32 Å². The van der Waals surface area contributed by atoms with E-state index in [1.165, 1.54) is 0 Å². The quantitative estimate of drug-likeness (QED) is 0.906. The van der Waals surface area contributed by atoms with Crippen molar-refractivity contribution in [1.29, 1.82) is 0 Å². The molecule has 0 unspecified atom stereocenters. The molecule has 0 spiro atoms. The van der Waals surface area contributed by atoms with Crippen LogP contribution >= 0.6 is 0 Å². The Balaban J connectivity index is 2.03. The van der Waals surface area contributed by atoms with Crippen LogP contribution in [0.4, 0.5) is 0 Å². The van der Waals surface area contributed by atoms with Crippen LogP contribution in [0.5, 0.6) is 0 Å². The van der Waals surface area contributed by atoms with Crippen molar-refractivity contribution in [2.24, 2.45) is 0 Å². The van der Waals surface area contributed by atoms with E-state index < -0.39 is 0 Å². The fourth-order valence-electron chi connectivity index (χ4n) is 2.09. The first-order chi connectivity index (χ1) is 9.70. The second kappa shape index (κ2) is 6.87. The van der Waals surface area contributed by atoms with Gasteiger partial charge in [-0.05, 0) is 30.2 Å². The van der Waals surface area contributed by atoms with Crippen molar-refractivity contribution in [3.8, 4) is 0 Å². The number of benzene rings is 2. The number of carbonyl (C=O) groups is 1. The number of carbonyl (C=O) groups excluding carboxylic acids is 1. The summed E-state index contributed by atoms with van der Waals surface area (Å²) < 4.78 is 5.16. The molecule has 2 rings (SSSR count). The molecule has 0 heterocycles. The van der Waals surface area contributed by atoms with E-state index in [0.29, 0.717) is 18.7 Å². The van der Waals surface area contributed by atoms with Gasteiger partial charge in [-0.1, -0.05) is 42.0 Å². The smallest absolute Gasteiger partial charge is 0.251 e. The number of hydrogen-bond donors (Lipinski definition) is 1. The highest BCUT2D eigenvalue weighted by atomic mass is 16.5. The van der Waals surface area contributed by atoms with E-state index >= 15 is 0 Å². The summed E-state index contributed by atoms with van der Waals surface area (Å²) in [4.78, 5) is 12.1. The van der Waals surface area contributed by atoms with Gasteiger partial charge in [-0.2, -0.15) is 0 Å². The summed E-state index contributed by atoms with van der Waals surface area (Å²) in [5, 5.41) is 2.95. The van der Waals surface area contributed by atoms with Crippen molar-refractivity contribution in [2.75, 3.05) is 7.11 Å². The Morgan fingerprint density at radius 2 is 1.85 bits per heavy atom. The number of amides is 1. The van der Waals surface area contributed by atoms with E-state index in [-0.39, 0.29) is 5.91 Å². The van der Waals surface area contributed by atoms with E-state index in [2.05, 4.69) is 5.32 Å². The number of rotatable bonds is 5. The van der Waals surface area contributed by atoms with Gasteiger partial charge in [0.25, 0.3) is 5.91 Å². The fourth-order valence-corrected chi connectivity index (χ4v) is 2.09. The molecular weight excluding hydrogens is 250 g/mol. The van der Waals surface area contributed by atoms with E-state index in [9.17, 15) is 4.79 Å². The highest BCUT2D eigenvalue weighted by Gasteiger charge is 2.07. The molecule has 1 amide bonds. The predicted molar refractivity (Wildman–Crippen MR) is 79.5 cm³/mol. The van der Waals surface area contributed by atoms with Crippen LogP contribution in [0.25, 0.3) is 0 Å². The Labute approximate surface area is 119 Å². The van der Waals surface area contributed by atoms with Crippen molar-refractivity contribution >= 4 is 5.91 Å². The lowest BCUT2D eigenvalue weighted by Gasteiger charge is -2.10. The molecule has 0 aromatic heterocycles. The molecule has 0 saturated carbocycles. The normalized spacial score (nSPS) is 10.3. The highest BCUT2D eigenvalue weighted by Crippen LogP contribution is 2.10. The van der Waals surface area contributed by atoms with Crippen LogP contribution in [0.1, 0.15) is 27.0 Å². The van der Waals surface area contributed by atoms with E-state index in [0.717, 1.165) is 16.7 Å². The van der Waals surface area contributed by atoms with Gasteiger partial charge in [-0.25, -0.2) is 0 Å². The summed E-state index contributed by atoms with van der Waals surface area (Å²) in [6.45, 7) is 3.04. The molecular formula is C17H19NO2. The van der Waals surface area contributed by atoms with Crippen LogP contribution in [0, 0.1) is 6.92 Å². The number of hydrogen-bond acceptors (Lipinski definition) is 2. The third-order valence-corrected chi connectivity index (χ3v) is 3.14. The zero-order chi connectivity index (χ0) is 14.4. The standard InChI is InChI=1S/C17H19NO2/c1-13-6-5-9-14(10-13)17(19)18-11-15-7-3-4-8-16(15)12-20-2/h3-10H,11-12H2,1-2H3,(H,18,19). The lowest BCUT2D eigenvalue weighted by atomic mass is 10.1. The van der Waals surface area contributed by atoms with Crippen LogP contribution in [0.3, 0.4) is 0 Å². The predicted octanol–water partition coefficient (Wildman–Crippen LogP) is 3.07. The first-order valence-corrected chi connectivity index (χ1v) is 6.61. The lowest BCUT2D eigenvalue weighted by molar-refractivity contribution is 0.0950. The van der Waals surface area contributed by atoms with Gasteiger partial charge < -0.3 is 10.1 Å². The second-order valence-corrected chi connectivity index (χ2v) is 4.75. The summed E-state index contributed by atoms with van der Waals surface area (Å²) in [6.07, 6.45) is 0. The number of ether oxygens (including phenoxy) is 1. The first kappa shape index (κ1) is 14.3. The van der Waals surface area contributed by atoms with Gasteiger partial charge in [0.1, 0.15) is 0 Å². The summed E-state index contributed by atoms with van der Waals surface area (Å²) in [6, 6.07) is 15.5. The molecule has 0 aliphatic rings. The fraction of sp³-hybridized carbons (Fsp3) is 0.235. The van der Waals surface area contributed by atoms with Gasteiger partial charge in [0.2, 0.25) is 0 Å². The molecule has 0 saturated heterocycles. The molecule has 2 aromatic carbocycles. The molecule has 0 aliphatic heterocycles. The van der Waals surface area contributed by atoms with Gasteiger partial charge >= 0.3 is 0 Å². The molecule has 104 valence electrons. The molecule has 20 heavy (non-hydrogen) atoms. The summed E-state index contributed by atoms with van der Waals surface area (Å²) in [5.41, 5.74) is 3.95. The molecule has 1 N–H and O–H groups in total. The van der Waals surface area contributed by atoms with Gasteiger partial charge in [-0.15, -0.1) is 0 Å². The van der Waals surface area contributed by atoms with Crippen molar-refractivity contribution in [2.45, 2.75) is 20.1 Å². The largest absolute Gasteiger partial charge is 0.380 e. The Morgan fingerprint density at radius 3 is 2.55 bits per heavy atom. The summed E-state index contributed by atoms with van der Waals surface area (Å²) in [7, 11) is 1.67. The second-order valence-electron chi connectivity index (χ2n) is 4.75. The summed E-state index contributed by atoms with van der Waals surface area (Å²) >= 11 is 0. The Morgan fingerprint density at radius 1 is 1.10 bits per heavy atom. The van der Waals surface area contributed by atoms with Gasteiger partial charge in [0.15, 0.2) is 0 Å². The third kappa shape index (κ3) is 3.68. The Bertz CT molecular complexity index is 593. The lowest BCUT2D eigenvalue weighted by Crippen LogP contribution is -2.23. The molecule has 3 nitrogen and oxygen atoms in total. The molecule has 3 heteroatoms. The maximum atomic E-state index is 12.1. The Hall–Kier alpha value is -2.13. The van der Waals surface area contributed by atoms with Crippen LogP contribution in [0.2, 0.25) is 0 Å². The van der Waals surface area contributed by atoms with E-state index in [1.54, 1.807) is 7.11 Å². The number of methoxy groups -OCH3 is 1. The molecule has 0 radical (unpaired) electrons. The van der Waals surface area contributed by atoms with Crippen molar-refractivity contribution in [3.63, 3.8) is 0 Å². The highest BCUT2D eigenvalue weighted by molar-refractivity contribution is 5.94. The first-order valence-electron chi connectivity index (χ1n) is 6.61. The zero-order valence-corrected chi connectivity index (χ0v) is 11.8. The molecule has 0 fully saturated rings. The minimum atomic E-state index is -0.0547. The SMILES string of the molecule is COCc1ccccc1CNC(=O)c1cccc(C)c1. The molecule has 0 atom stereocenters. The molecule has 2 aromatic rings. The van der Waals surface area contributed by atoms with Crippen LogP contribution in [0.15, 0.2) is 48.5 Å². The van der Waals surface area contributed by atoms with Crippen molar-refractivity contribution in [3.05, 3.63) is 70.8 Å². The van der Waals surface area contributed by atoms with E-state index in [1.807, 2.05) is 55.5 Å². The molecule has 0 bridgehead atoms. The van der Waals surface area contributed by atoms with Crippen LogP contribution in [-0.2, 0) is 17.9 Å². The maximum absolute atomic E-state index is 12.1. The Kier molecular flexibility index (Phi) is 4.91. The van der Waals surface area contributed by atoms with Gasteiger partial charge in [0.05, 0.1) is 6.61 Å². The zero-order valence-electron chi connectivity index (χ0n) is 11.8. The summed E-state index contributed by atoms with van der Waals surface area (Å²) in [5.74, 6) is -0.0547. The van der Waals surface area contributed by atoms with Crippen molar-refractivity contribution < 1.29 is 9.53 Å². The molecule has 0 aliphatic carbocycles. The number of nitrogens with one attached hydrogen (secondary N) is 1. The van der Waals surface area contributed by atoms with Crippen LogP contribution in [-0.4, -0.2) is 13.0 Å². The topological polar surface area (TPSA) is 38.3 Å². The minimum Gasteiger partial charge on any atom is -0.380 e. The maximum Gasteiger partial charge on any atom is 0.251 e. The van der Waals surface area contributed by atoms with E-state index in [4.69, 9.17) is 4.74 Å². The van der Waals surface area contributed by atoms with Gasteiger partial charge in [-0.3, -0.25) is 4.79 Å². The van der Waals surface area contributed by atoms with Crippen LogP contribution < -0.4 is 5.32 Å². The average Bonchev–Trinajstić information content (AvgIpc) is 2.46. The van der Waals surface area contributed by atoms with Gasteiger partial charge in [0, 0.05) is 19.2 Å². The number of aryl methyl sites for hydroxylation is 1. The average molecular weight is 269 g/mol.